The Labute approximate surface area is 98.3 Å². The highest BCUT2D eigenvalue weighted by atomic mass is 79.9. The third-order valence-corrected chi connectivity index (χ3v) is 3.07. The summed E-state index contributed by atoms with van der Waals surface area (Å²) in [7, 11) is 1.88. The summed E-state index contributed by atoms with van der Waals surface area (Å²) in [5, 5.41) is 21.9. The summed E-state index contributed by atoms with van der Waals surface area (Å²) in [5.41, 5.74) is 0.853. The Balaban J connectivity index is 3.19. The third-order valence-electron chi connectivity index (χ3n) is 2.41. The van der Waals surface area contributed by atoms with Crippen LogP contribution in [-0.4, -0.2) is 23.8 Å². The van der Waals surface area contributed by atoms with Crippen LogP contribution >= 0.6 is 15.9 Å². The molecule has 3 N–H and O–H groups in total. The van der Waals surface area contributed by atoms with Crippen molar-refractivity contribution in [3.8, 4) is 11.5 Å². The highest BCUT2D eigenvalue weighted by Gasteiger charge is 2.23. The fraction of sp³-hybridized carbons (Fsp3) is 0.455. The molecule has 4 heteroatoms. The Bertz CT molecular complexity index is 364. The highest BCUT2D eigenvalue weighted by Crippen LogP contribution is 2.37. The van der Waals surface area contributed by atoms with Crippen molar-refractivity contribution >= 4 is 15.9 Å². The SMILES string of the molecule is CNCC(C)(C)c1cc(O)c(O)cc1Br. The quantitative estimate of drug-likeness (QED) is 0.742. The number of phenolic OH excluding ortho intramolecular Hbond substituents is 2. The molecule has 0 aliphatic heterocycles. The molecule has 0 bridgehead atoms. The fourth-order valence-electron chi connectivity index (χ4n) is 1.61. The smallest absolute Gasteiger partial charge is 0.158 e. The molecule has 0 atom stereocenters. The van der Waals surface area contributed by atoms with Crippen molar-refractivity contribution < 1.29 is 10.2 Å². The standard InChI is InChI=1S/C11H16BrNO2/c1-11(2,6-13-3)7-4-9(14)10(15)5-8(7)12/h4-5,13-15H,6H2,1-3H3. The molecule has 0 saturated carbocycles. The molecule has 0 aromatic heterocycles. The molecule has 15 heavy (non-hydrogen) atoms. The number of nitrogens with one attached hydrogen (secondary N) is 1. The van der Waals surface area contributed by atoms with Crippen LogP contribution < -0.4 is 5.32 Å². The number of benzene rings is 1. The van der Waals surface area contributed by atoms with Crippen LogP contribution in [0, 0.1) is 0 Å². The number of phenols is 2. The molecule has 84 valence electrons. The second-order valence-electron chi connectivity index (χ2n) is 4.23. The van der Waals surface area contributed by atoms with Crippen molar-refractivity contribution in [2.24, 2.45) is 0 Å². The summed E-state index contributed by atoms with van der Waals surface area (Å²) in [6, 6.07) is 3.11. The lowest BCUT2D eigenvalue weighted by Crippen LogP contribution is -2.31. The minimum atomic E-state index is -0.112. The van der Waals surface area contributed by atoms with Gasteiger partial charge in [0, 0.05) is 16.4 Å². The van der Waals surface area contributed by atoms with Crippen molar-refractivity contribution in [1.82, 2.24) is 5.32 Å². The molecule has 0 heterocycles. The van der Waals surface area contributed by atoms with E-state index < -0.39 is 0 Å². The van der Waals surface area contributed by atoms with E-state index in [1.54, 1.807) is 6.07 Å². The number of halogens is 1. The van der Waals surface area contributed by atoms with Crippen LogP contribution in [0.15, 0.2) is 16.6 Å². The van der Waals surface area contributed by atoms with Gasteiger partial charge in [-0.05, 0) is 24.7 Å². The Morgan fingerprint density at radius 1 is 1.27 bits per heavy atom. The molecule has 0 saturated heterocycles. The van der Waals surface area contributed by atoms with Crippen molar-refractivity contribution in [2.75, 3.05) is 13.6 Å². The molecule has 3 nitrogen and oxygen atoms in total. The largest absolute Gasteiger partial charge is 0.504 e. The van der Waals surface area contributed by atoms with Gasteiger partial charge in [-0.2, -0.15) is 0 Å². The van der Waals surface area contributed by atoms with Gasteiger partial charge < -0.3 is 15.5 Å². The summed E-state index contributed by atoms with van der Waals surface area (Å²) in [6.45, 7) is 4.93. The van der Waals surface area contributed by atoms with E-state index in [1.807, 2.05) is 7.05 Å². The van der Waals surface area contributed by atoms with Crippen molar-refractivity contribution in [2.45, 2.75) is 19.3 Å². The first-order chi connectivity index (χ1) is 6.88. The van der Waals surface area contributed by atoms with E-state index in [4.69, 9.17) is 0 Å². The second kappa shape index (κ2) is 4.41. The van der Waals surface area contributed by atoms with Gasteiger partial charge in [0.15, 0.2) is 11.5 Å². The van der Waals surface area contributed by atoms with E-state index in [9.17, 15) is 10.2 Å². The monoisotopic (exact) mass is 273 g/mol. The average Bonchev–Trinajstić information content (AvgIpc) is 2.11. The number of likely N-dealkylation sites (N-methyl/N-ethyl adjacent to an activating group) is 1. The van der Waals surface area contributed by atoms with E-state index >= 15 is 0 Å². The molecule has 0 aliphatic rings. The topological polar surface area (TPSA) is 52.5 Å². The van der Waals surface area contributed by atoms with E-state index in [0.29, 0.717) is 0 Å². The highest BCUT2D eigenvalue weighted by molar-refractivity contribution is 9.10. The molecular weight excluding hydrogens is 258 g/mol. The number of hydrogen-bond acceptors (Lipinski definition) is 3. The lowest BCUT2D eigenvalue weighted by molar-refractivity contribution is 0.399. The van der Waals surface area contributed by atoms with Crippen molar-refractivity contribution in [3.63, 3.8) is 0 Å². The van der Waals surface area contributed by atoms with Crippen LogP contribution in [0.25, 0.3) is 0 Å². The van der Waals surface area contributed by atoms with E-state index in [0.717, 1.165) is 16.6 Å². The second-order valence-corrected chi connectivity index (χ2v) is 5.09. The first-order valence-corrected chi connectivity index (χ1v) is 5.54. The van der Waals surface area contributed by atoms with Gasteiger partial charge in [-0.1, -0.05) is 29.8 Å². The van der Waals surface area contributed by atoms with Crippen LogP contribution in [0.2, 0.25) is 0 Å². The Hall–Kier alpha value is -0.740. The van der Waals surface area contributed by atoms with Crippen LogP contribution in [0.3, 0.4) is 0 Å². The number of rotatable bonds is 3. The Morgan fingerprint density at radius 2 is 1.80 bits per heavy atom. The molecule has 1 rings (SSSR count). The van der Waals surface area contributed by atoms with Crippen LogP contribution in [0.5, 0.6) is 11.5 Å². The summed E-state index contributed by atoms with van der Waals surface area (Å²) in [4.78, 5) is 0. The minimum absolute atomic E-state index is 0.0858. The van der Waals surface area contributed by atoms with Gasteiger partial charge in [-0.3, -0.25) is 0 Å². The van der Waals surface area contributed by atoms with Gasteiger partial charge in [-0.25, -0.2) is 0 Å². The fourth-order valence-corrected chi connectivity index (χ4v) is 2.48. The molecule has 0 radical (unpaired) electrons. The zero-order valence-corrected chi connectivity index (χ0v) is 10.7. The Morgan fingerprint density at radius 3 is 2.33 bits per heavy atom. The van der Waals surface area contributed by atoms with Crippen molar-refractivity contribution in [1.29, 1.82) is 0 Å². The molecule has 0 spiro atoms. The van der Waals surface area contributed by atoms with Gasteiger partial charge in [0.05, 0.1) is 0 Å². The van der Waals surface area contributed by atoms with Gasteiger partial charge in [-0.15, -0.1) is 0 Å². The van der Waals surface area contributed by atoms with E-state index in [1.165, 1.54) is 6.07 Å². The van der Waals surface area contributed by atoms with Crippen LogP contribution in [0.1, 0.15) is 19.4 Å². The molecule has 0 fully saturated rings. The lowest BCUT2D eigenvalue weighted by atomic mass is 9.84. The van der Waals surface area contributed by atoms with Crippen molar-refractivity contribution in [3.05, 3.63) is 22.2 Å². The normalized spacial score (nSPS) is 11.7. The van der Waals surface area contributed by atoms with Gasteiger partial charge in [0.25, 0.3) is 0 Å². The molecule has 1 aromatic carbocycles. The van der Waals surface area contributed by atoms with Gasteiger partial charge in [0.1, 0.15) is 0 Å². The zero-order valence-electron chi connectivity index (χ0n) is 9.13. The first kappa shape index (κ1) is 12.3. The molecular formula is C11H16BrNO2. The minimum Gasteiger partial charge on any atom is -0.504 e. The summed E-state index contributed by atoms with van der Waals surface area (Å²) in [6.07, 6.45) is 0. The summed E-state index contributed by atoms with van der Waals surface area (Å²) >= 11 is 3.39. The first-order valence-electron chi connectivity index (χ1n) is 4.75. The Kier molecular flexibility index (Phi) is 3.62. The molecule has 0 aliphatic carbocycles. The molecule has 0 unspecified atom stereocenters. The van der Waals surface area contributed by atoms with Gasteiger partial charge >= 0.3 is 0 Å². The molecule has 0 amide bonds. The molecule has 1 aromatic rings. The summed E-state index contributed by atoms with van der Waals surface area (Å²) < 4.78 is 0.804. The third kappa shape index (κ3) is 2.63. The van der Waals surface area contributed by atoms with E-state index in [-0.39, 0.29) is 16.9 Å². The average molecular weight is 274 g/mol. The number of aromatic hydroxyl groups is 2. The zero-order chi connectivity index (χ0) is 11.6. The predicted octanol–water partition coefficient (Wildman–Crippen LogP) is 2.36. The van der Waals surface area contributed by atoms with Gasteiger partial charge in [0.2, 0.25) is 0 Å². The predicted molar refractivity (Wildman–Crippen MR) is 64.4 cm³/mol. The lowest BCUT2D eigenvalue weighted by Gasteiger charge is -2.26. The maximum Gasteiger partial charge on any atom is 0.158 e. The summed E-state index contributed by atoms with van der Waals surface area (Å²) in [5.74, 6) is -0.191. The number of hydrogen-bond donors (Lipinski definition) is 3. The maximum atomic E-state index is 9.46. The maximum absolute atomic E-state index is 9.46. The van der Waals surface area contributed by atoms with Crippen LogP contribution in [-0.2, 0) is 5.41 Å². The van der Waals surface area contributed by atoms with E-state index in [2.05, 4.69) is 35.1 Å². The van der Waals surface area contributed by atoms with Crippen LogP contribution in [0.4, 0.5) is 0 Å².